The van der Waals surface area contributed by atoms with E-state index >= 15 is 0 Å². The quantitative estimate of drug-likeness (QED) is 0.284. The molecule has 0 spiro atoms. The average molecular weight is 528 g/mol. The van der Waals surface area contributed by atoms with Gasteiger partial charge in [0.1, 0.15) is 5.00 Å². The fourth-order valence-electron chi connectivity index (χ4n) is 3.57. The van der Waals surface area contributed by atoms with E-state index in [0.29, 0.717) is 23.5 Å². The van der Waals surface area contributed by atoms with Gasteiger partial charge in [-0.25, -0.2) is 21.7 Å². The van der Waals surface area contributed by atoms with Crippen LogP contribution in [0.4, 0.5) is 10.7 Å². The Kier molecular flexibility index (Phi) is 7.46. The Balaban J connectivity index is 1.58. The van der Waals surface area contributed by atoms with Crippen molar-refractivity contribution >= 4 is 49.1 Å². The van der Waals surface area contributed by atoms with Gasteiger partial charge < -0.3 is 5.11 Å². The fourth-order valence-corrected chi connectivity index (χ4v) is 6.87. The van der Waals surface area contributed by atoms with Crippen molar-refractivity contribution in [3.8, 4) is 0 Å². The summed E-state index contributed by atoms with van der Waals surface area (Å²) in [6.45, 7) is 0. The molecule has 0 fully saturated rings. The maximum Gasteiger partial charge on any atom is 0.335 e. The van der Waals surface area contributed by atoms with Crippen molar-refractivity contribution in [2.45, 2.75) is 22.6 Å². The highest BCUT2D eigenvalue weighted by Crippen LogP contribution is 2.36. The van der Waals surface area contributed by atoms with Crippen LogP contribution in [0.2, 0.25) is 0 Å². The number of carboxylic acid groups (broad SMARTS) is 1. The van der Waals surface area contributed by atoms with Crippen LogP contribution in [0.25, 0.3) is 0 Å². The van der Waals surface area contributed by atoms with E-state index in [-0.39, 0.29) is 15.4 Å². The number of rotatable bonds is 9. The summed E-state index contributed by atoms with van der Waals surface area (Å²) in [6, 6.07) is 23.2. The largest absolute Gasteiger partial charge is 0.478 e. The van der Waals surface area contributed by atoms with Crippen LogP contribution in [0, 0.1) is 0 Å². The second-order valence-corrected chi connectivity index (χ2v) is 11.3. The molecule has 180 valence electrons. The van der Waals surface area contributed by atoms with Gasteiger partial charge in [-0.3, -0.25) is 4.55 Å². The third kappa shape index (κ3) is 5.68. The summed E-state index contributed by atoms with van der Waals surface area (Å²) in [5.74, 6) is -0.987. The van der Waals surface area contributed by atoms with Crippen molar-refractivity contribution in [2.24, 2.45) is 0 Å². The summed E-state index contributed by atoms with van der Waals surface area (Å²) in [6.07, 6.45) is 1.17. The average Bonchev–Trinajstić information content (AvgIpc) is 3.34. The van der Waals surface area contributed by atoms with Crippen LogP contribution >= 0.6 is 11.3 Å². The van der Waals surface area contributed by atoms with Crippen LogP contribution in [0.3, 0.4) is 0 Å². The number of aromatic carboxylic acids is 1. The summed E-state index contributed by atoms with van der Waals surface area (Å²) in [5.41, 5.74) is 2.41. The monoisotopic (exact) mass is 527 g/mol. The highest BCUT2D eigenvalue weighted by Gasteiger charge is 2.23. The molecule has 1 heterocycles. The zero-order chi connectivity index (χ0) is 25.0. The predicted octanol–water partition coefficient (Wildman–Crippen LogP) is 5.34. The molecule has 7 nitrogen and oxygen atoms in total. The van der Waals surface area contributed by atoms with E-state index in [1.165, 1.54) is 34.0 Å². The van der Waals surface area contributed by atoms with E-state index in [2.05, 4.69) is 0 Å². The van der Waals surface area contributed by atoms with Gasteiger partial charge in [-0.2, -0.15) is 0 Å². The molecule has 0 aliphatic heterocycles. The molecule has 4 rings (SSSR count). The number of anilines is 2. The molecule has 1 atom stereocenters. The summed E-state index contributed by atoms with van der Waals surface area (Å²) >= 11 is -1.38. The molecule has 35 heavy (non-hydrogen) atoms. The number of hydrogen-bond acceptors (Lipinski definition) is 5. The predicted molar refractivity (Wildman–Crippen MR) is 136 cm³/mol. The smallest absolute Gasteiger partial charge is 0.335 e. The van der Waals surface area contributed by atoms with Crippen LogP contribution < -0.4 is 4.31 Å². The lowest BCUT2D eigenvalue weighted by molar-refractivity contribution is 0.0696. The SMILES string of the molecule is O=C(O)c1cccc(CCc2cccc(N(c3cc(S(=O)(=O)c4ccccc4)cs3)S(=O)O)c2)c1. The highest BCUT2D eigenvalue weighted by molar-refractivity contribution is 7.91. The van der Waals surface area contributed by atoms with Crippen molar-refractivity contribution in [1.82, 2.24) is 0 Å². The van der Waals surface area contributed by atoms with Crippen molar-refractivity contribution in [1.29, 1.82) is 0 Å². The molecule has 0 bridgehead atoms. The van der Waals surface area contributed by atoms with Crippen LogP contribution in [0.5, 0.6) is 0 Å². The molecule has 1 unspecified atom stereocenters. The first kappa shape index (κ1) is 24.8. The summed E-state index contributed by atoms with van der Waals surface area (Å²) < 4.78 is 49.3. The molecule has 10 heteroatoms. The summed E-state index contributed by atoms with van der Waals surface area (Å²) in [4.78, 5) is 11.4. The van der Waals surface area contributed by atoms with Gasteiger partial charge in [0.2, 0.25) is 9.84 Å². The Morgan fingerprint density at radius 1 is 0.857 bits per heavy atom. The Hall–Kier alpha value is -3.31. The number of hydrogen-bond donors (Lipinski definition) is 2. The summed E-state index contributed by atoms with van der Waals surface area (Å²) in [7, 11) is -3.76. The Bertz CT molecular complexity index is 1480. The van der Waals surface area contributed by atoms with Crippen molar-refractivity contribution in [3.05, 3.63) is 107 Å². The minimum Gasteiger partial charge on any atom is -0.478 e. The number of sulfone groups is 1. The van der Waals surface area contributed by atoms with Crippen LogP contribution in [-0.4, -0.2) is 28.3 Å². The topological polar surface area (TPSA) is 112 Å². The first-order valence-electron chi connectivity index (χ1n) is 10.5. The van der Waals surface area contributed by atoms with Gasteiger partial charge in [-0.15, -0.1) is 11.3 Å². The number of aryl methyl sites for hydroxylation is 2. The van der Waals surface area contributed by atoms with Gasteiger partial charge in [-0.05, 0) is 66.4 Å². The van der Waals surface area contributed by atoms with E-state index in [4.69, 9.17) is 0 Å². The third-order valence-corrected chi connectivity index (χ3v) is 8.95. The molecule has 3 aromatic carbocycles. The van der Waals surface area contributed by atoms with Crippen molar-refractivity contribution < 1.29 is 27.1 Å². The van der Waals surface area contributed by atoms with E-state index in [1.54, 1.807) is 48.5 Å². The number of thiophene rings is 1. The standard InChI is InChI=1S/C25H21NO6S3/c27-25(28)20-8-4-6-18(14-20)12-13-19-7-5-9-21(15-19)26(34(29)30)24-16-23(17-33-24)35(31,32)22-10-2-1-3-11-22/h1-11,14-17H,12-13H2,(H,27,28)(H,29,30). The lowest BCUT2D eigenvalue weighted by Gasteiger charge is -2.18. The molecule has 0 saturated carbocycles. The summed E-state index contributed by atoms with van der Waals surface area (Å²) in [5, 5.41) is 10.9. The molecular formula is C25H21NO6S3. The first-order chi connectivity index (χ1) is 16.8. The number of carboxylic acids is 1. The molecule has 2 N–H and O–H groups in total. The molecule has 0 aliphatic carbocycles. The van der Waals surface area contributed by atoms with Gasteiger partial charge >= 0.3 is 5.97 Å². The second kappa shape index (κ2) is 10.5. The van der Waals surface area contributed by atoms with Crippen LogP contribution in [-0.2, 0) is 33.9 Å². The number of benzene rings is 3. The van der Waals surface area contributed by atoms with Crippen molar-refractivity contribution in [2.75, 3.05) is 4.31 Å². The molecule has 4 aromatic rings. The van der Waals surface area contributed by atoms with Crippen LogP contribution in [0.15, 0.2) is 100 Å². The van der Waals surface area contributed by atoms with Gasteiger partial charge in [0, 0.05) is 5.38 Å². The molecule has 0 amide bonds. The maximum atomic E-state index is 12.9. The Morgan fingerprint density at radius 2 is 1.51 bits per heavy atom. The minimum absolute atomic E-state index is 0.0496. The van der Waals surface area contributed by atoms with Gasteiger partial charge in [0.05, 0.1) is 21.0 Å². The van der Waals surface area contributed by atoms with Crippen LogP contribution in [0.1, 0.15) is 21.5 Å². The highest BCUT2D eigenvalue weighted by atomic mass is 32.2. The lowest BCUT2D eigenvalue weighted by Crippen LogP contribution is -2.18. The van der Waals surface area contributed by atoms with Gasteiger partial charge in [0.25, 0.3) is 11.3 Å². The molecule has 0 saturated heterocycles. The minimum atomic E-state index is -3.76. The molecule has 0 aliphatic rings. The number of carbonyl (C=O) groups is 1. The number of nitrogens with zero attached hydrogens (tertiary/aromatic N) is 1. The van der Waals surface area contributed by atoms with E-state index in [9.17, 15) is 27.1 Å². The molecule has 0 radical (unpaired) electrons. The second-order valence-electron chi connectivity index (χ2n) is 7.64. The Labute approximate surface area is 209 Å². The van der Waals surface area contributed by atoms with E-state index in [0.717, 1.165) is 22.5 Å². The zero-order valence-electron chi connectivity index (χ0n) is 18.3. The normalized spacial score (nSPS) is 12.3. The first-order valence-corrected chi connectivity index (χ1v) is 13.9. The van der Waals surface area contributed by atoms with Gasteiger partial charge in [0.15, 0.2) is 0 Å². The molecular weight excluding hydrogens is 506 g/mol. The van der Waals surface area contributed by atoms with Crippen molar-refractivity contribution in [3.63, 3.8) is 0 Å². The zero-order valence-corrected chi connectivity index (χ0v) is 20.7. The van der Waals surface area contributed by atoms with Gasteiger partial charge in [-0.1, -0.05) is 42.5 Å². The van der Waals surface area contributed by atoms with E-state index < -0.39 is 27.1 Å². The lowest BCUT2D eigenvalue weighted by atomic mass is 10.0. The maximum absolute atomic E-state index is 12.9. The van der Waals surface area contributed by atoms with E-state index in [1.807, 2.05) is 12.1 Å². The molecule has 1 aromatic heterocycles. The fraction of sp³-hybridized carbons (Fsp3) is 0.0800. The Morgan fingerprint density at radius 3 is 2.17 bits per heavy atom. The third-order valence-electron chi connectivity index (χ3n) is 5.30.